The number of carbonyl (C=O) groups is 1. The van der Waals surface area contributed by atoms with Crippen molar-refractivity contribution in [1.82, 2.24) is 9.55 Å². The molecule has 0 saturated heterocycles. The third-order valence-electron chi connectivity index (χ3n) is 3.81. The lowest BCUT2D eigenvalue weighted by Crippen LogP contribution is -2.19. The first kappa shape index (κ1) is 19.3. The Labute approximate surface area is 168 Å². The zero-order chi connectivity index (χ0) is 19.0. The Morgan fingerprint density at radius 2 is 1.96 bits per heavy atom. The molecule has 0 atom stereocenters. The number of thioether (sulfide) groups is 1. The van der Waals surface area contributed by atoms with Crippen molar-refractivity contribution in [3.8, 4) is 0 Å². The molecule has 0 spiro atoms. The molecule has 2 aromatic heterocycles. The minimum atomic E-state index is -0.460. The number of hydrogen-bond acceptors (Lipinski definition) is 5. The fourth-order valence-electron chi connectivity index (χ4n) is 2.76. The minimum Gasteiger partial charge on any atom is -0.465 e. The van der Waals surface area contributed by atoms with Crippen molar-refractivity contribution in [1.29, 1.82) is 0 Å². The molecule has 1 aromatic carbocycles. The number of benzene rings is 1. The highest BCUT2D eigenvalue weighted by Gasteiger charge is 2.20. The van der Waals surface area contributed by atoms with E-state index in [9.17, 15) is 9.59 Å². The van der Waals surface area contributed by atoms with Gasteiger partial charge in [-0.25, -0.2) is 4.98 Å². The molecule has 0 aliphatic carbocycles. The molecule has 136 valence electrons. The third-order valence-corrected chi connectivity index (χ3v) is 5.73. The molecule has 0 amide bonds. The van der Waals surface area contributed by atoms with Crippen LogP contribution in [0.3, 0.4) is 0 Å². The van der Waals surface area contributed by atoms with E-state index in [0.29, 0.717) is 20.8 Å². The number of carbonyl (C=O) groups excluding carboxylic acids is 1. The second kappa shape index (κ2) is 7.64. The molecule has 0 aliphatic heterocycles. The molecule has 3 rings (SSSR count). The summed E-state index contributed by atoms with van der Waals surface area (Å²) in [7, 11) is 0. The summed E-state index contributed by atoms with van der Waals surface area (Å²) < 4.78 is 6.67. The molecule has 0 bridgehead atoms. The highest BCUT2D eigenvalue weighted by molar-refractivity contribution is 7.99. The standard InChI is InChI=1S/C17H13Cl3N2O3S/c1-3-25-12(23)7-22-13-8(4-5-10(18)15(13)26-2)14(24)9-6-11(19)16(20)21-17(9)22/h4-6H,3,7H2,1-2H3. The monoisotopic (exact) mass is 430 g/mol. The summed E-state index contributed by atoms with van der Waals surface area (Å²) >= 11 is 19.8. The van der Waals surface area contributed by atoms with E-state index in [1.165, 1.54) is 17.8 Å². The van der Waals surface area contributed by atoms with Crippen LogP contribution in [0.5, 0.6) is 0 Å². The van der Waals surface area contributed by atoms with Crippen LogP contribution in [-0.2, 0) is 16.1 Å². The number of esters is 1. The van der Waals surface area contributed by atoms with Crippen LogP contribution >= 0.6 is 46.6 Å². The number of fused-ring (bicyclic) bond motifs is 2. The molecular formula is C17H13Cl3N2O3S. The van der Waals surface area contributed by atoms with Gasteiger partial charge in [-0.05, 0) is 31.4 Å². The topological polar surface area (TPSA) is 61.2 Å². The molecule has 5 nitrogen and oxygen atoms in total. The van der Waals surface area contributed by atoms with Crippen molar-refractivity contribution in [3.63, 3.8) is 0 Å². The van der Waals surface area contributed by atoms with Crippen molar-refractivity contribution in [2.45, 2.75) is 18.4 Å². The molecule has 2 heterocycles. The molecule has 9 heteroatoms. The van der Waals surface area contributed by atoms with E-state index in [1.807, 2.05) is 6.26 Å². The number of halogens is 3. The van der Waals surface area contributed by atoms with Crippen LogP contribution in [0.25, 0.3) is 21.9 Å². The maximum Gasteiger partial charge on any atom is 0.326 e. The van der Waals surface area contributed by atoms with E-state index in [0.717, 1.165) is 0 Å². The molecule has 0 saturated carbocycles. The second-order valence-corrected chi connectivity index (χ2v) is 7.32. The van der Waals surface area contributed by atoms with E-state index in [4.69, 9.17) is 39.5 Å². The average Bonchev–Trinajstić information content (AvgIpc) is 2.60. The molecule has 0 N–H and O–H groups in total. The first-order chi connectivity index (χ1) is 12.4. The Balaban J connectivity index is 2.52. The van der Waals surface area contributed by atoms with Crippen molar-refractivity contribution in [2.75, 3.05) is 12.9 Å². The van der Waals surface area contributed by atoms with Gasteiger partial charge in [-0.2, -0.15) is 0 Å². The van der Waals surface area contributed by atoms with Gasteiger partial charge in [0.05, 0.1) is 32.5 Å². The molecule has 0 fully saturated rings. The van der Waals surface area contributed by atoms with E-state index in [1.54, 1.807) is 23.6 Å². The summed E-state index contributed by atoms with van der Waals surface area (Å²) in [5.74, 6) is -0.460. The fourth-order valence-corrected chi connectivity index (χ4v) is 4.11. The number of ether oxygens (including phenoxy) is 1. The maximum absolute atomic E-state index is 13.0. The highest BCUT2D eigenvalue weighted by Crippen LogP contribution is 2.34. The van der Waals surface area contributed by atoms with Gasteiger partial charge < -0.3 is 9.30 Å². The van der Waals surface area contributed by atoms with Crippen LogP contribution in [-0.4, -0.2) is 28.4 Å². The van der Waals surface area contributed by atoms with E-state index < -0.39 is 5.97 Å². The lowest BCUT2D eigenvalue weighted by Gasteiger charge is -2.17. The van der Waals surface area contributed by atoms with Crippen LogP contribution in [0, 0.1) is 0 Å². The quantitative estimate of drug-likeness (QED) is 0.257. The lowest BCUT2D eigenvalue weighted by molar-refractivity contribution is -0.143. The van der Waals surface area contributed by atoms with Gasteiger partial charge in [0.2, 0.25) is 0 Å². The smallest absolute Gasteiger partial charge is 0.326 e. The summed E-state index contributed by atoms with van der Waals surface area (Å²) in [5, 5.41) is 1.36. The van der Waals surface area contributed by atoms with Gasteiger partial charge in [-0.15, -0.1) is 11.8 Å². The number of rotatable bonds is 4. The van der Waals surface area contributed by atoms with E-state index in [-0.39, 0.29) is 39.8 Å². The number of aromatic nitrogens is 2. The highest BCUT2D eigenvalue weighted by atomic mass is 35.5. The zero-order valence-corrected chi connectivity index (χ0v) is 16.9. The largest absolute Gasteiger partial charge is 0.465 e. The summed E-state index contributed by atoms with van der Waals surface area (Å²) in [6.45, 7) is 1.82. The SMILES string of the molecule is CCOC(=O)Cn1c2nc(Cl)c(Cl)cc2c(=O)c2ccc(Cl)c(SC)c21. The van der Waals surface area contributed by atoms with Crippen LogP contribution in [0.4, 0.5) is 0 Å². The summed E-state index contributed by atoms with van der Waals surface area (Å²) in [4.78, 5) is 30.1. The van der Waals surface area contributed by atoms with Crippen molar-refractivity contribution >= 4 is 74.5 Å². The molecule has 0 radical (unpaired) electrons. The van der Waals surface area contributed by atoms with Crippen LogP contribution in [0.1, 0.15) is 6.92 Å². The van der Waals surface area contributed by atoms with Crippen molar-refractivity contribution in [3.05, 3.63) is 43.6 Å². The predicted molar refractivity (Wildman–Crippen MR) is 107 cm³/mol. The van der Waals surface area contributed by atoms with Gasteiger partial charge >= 0.3 is 5.97 Å². The maximum atomic E-state index is 13.0. The van der Waals surface area contributed by atoms with Crippen molar-refractivity contribution < 1.29 is 9.53 Å². The van der Waals surface area contributed by atoms with Gasteiger partial charge in [-0.3, -0.25) is 9.59 Å². The van der Waals surface area contributed by atoms with Gasteiger partial charge in [0.15, 0.2) is 5.43 Å². The summed E-state index contributed by atoms with van der Waals surface area (Å²) in [6.07, 6.45) is 1.84. The molecule has 3 aromatic rings. The first-order valence-corrected chi connectivity index (χ1v) is 9.95. The Bertz CT molecular complexity index is 1100. The average molecular weight is 432 g/mol. The lowest BCUT2D eigenvalue weighted by atomic mass is 10.1. The molecular weight excluding hydrogens is 419 g/mol. The number of nitrogens with zero attached hydrogens (tertiary/aromatic N) is 2. The van der Waals surface area contributed by atoms with E-state index >= 15 is 0 Å². The predicted octanol–water partition coefficient (Wildman–Crippen LogP) is 4.79. The van der Waals surface area contributed by atoms with Crippen LogP contribution in [0.2, 0.25) is 15.2 Å². The van der Waals surface area contributed by atoms with E-state index in [2.05, 4.69) is 4.98 Å². The van der Waals surface area contributed by atoms with Gasteiger partial charge in [0.25, 0.3) is 0 Å². The molecule has 0 unspecified atom stereocenters. The Hall–Kier alpha value is -1.47. The van der Waals surface area contributed by atoms with Crippen LogP contribution in [0.15, 0.2) is 27.9 Å². The Morgan fingerprint density at radius 3 is 2.62 bits per heavy atom. The number of hydrogen-bond donors (Lipinski definition) is 0. The fraction of sp³-hybridized carbons (Fsp3) is 0.235. The molecule has 26 heavy (non-hydrogen) atoms. The minimum absolute atomic E-state index is 0.0447. The summed E-state index contributed by atoms with van der Waals surface area (Å²) in [5.41, 5.74) is 0.511. The normalized spacial score (nSPS) is 11.3. The van der Waals surface area contributed by atoms with Crippen LogP contribution < -0.4 is 5.43 Å². The second-order valence-electron chi connectivity index (χ2n) is 5.33. The van der Waals surface area contributed by atoms with Gasteiger partial charge in [0, 0.05) is 5.39 Å². The third kappa shape index (κ3) is 3.27. The summed E-state index contributed by atoms with van der Waals surface area (Å²) in [6, 6.07) is 4.74. The van der Waals surface area contributed by atoms with Gasteiger partial charge in [0.1, 0.15) is 17.3 Å². The first-order valence-electron chi connectivity index (χ1n) is 7.59. The zero-order valence-electron chi connectivity index (χ0n) is 13.8. The Kier molecular flexibility index (Phi) is 5.67. The van der Waals surface area contributed by atoms with Gasteiger partial charge in [-0.1, -0.05) is 34.8 Å². The number of pyridine rings is 2. The molecule has 0 aliphatic rings. The van der Waals surface area contributed by atoms with Crippen molar-refractivity contribution in [2.24, 2.45) is 0 Å². The Morgan fingerprint density at radius 1 is 1.23 bits per heavy atom.